The third-order valence-electron chi connectivity index (χ3n) is 5.80. The minimum Gasteiger partial charge on any atom is -0.355 e. The van der Waals surface area contributed by atoms with Crippen molar-refractivity contribution in [2.75, 3.05) is 34.2 Å². The minimum absolute atomic E-state index is 0.457. The van der Waals surface area contributed by atoms with E-state index in [2.05, 4.69) is 76.8 Å². The van der Waals surface area contributed by atoms with E-state index in [0.29, 0.717) is 18.1 Å². The van der Waals surface area contributed by atoms with Crippen LogP contribution in [0.1, 0.15) is 31.7 Å². The first kappa shape index (κ1) is 19.2. The molecule has 0 bridgehead atoms. The predicted molar refractivity (Wildman–Crippen MR) is 109 cm³/mol. The van der Waals surface area contributed by atoms with Gasteiger partial charge in [0.15, 0.2) is 5.96 Å². The molecule has 2 aliphatic rings. The van der Waals surface area contributed by atoms with E-state index in [9.17, 15) is 0 Å². The van der Waals surface area contributed by atoms with Gasteiger partial charge in [0, 0.05) is 44.8 Å². The normalized spacial score (nSPS) is 25.5. The van der Waals surface area contributed by atoms with Gasteiger partial charge in [0.25, 0.3) is 0 Å². The number of rotatable bonds is 7. The van der Waals surface area contributed by atoms with Crippen molar-refractivity contribution in [1.82, 2.24) is 20.4 Å². The van der Waals surface area contributed by atoms with Crippen LogP contribution in [0.15, 0.2) is 35.3 Å². The van der Waals surface area contributed by atoms with Gasteiger partial charge in [0.05, 0.1) is 0 Å². The topological polar surface area (TPSA) is 42.9 Å². The third kappa shape index (κ3) is 5.21. The summed E-state index contributed by atoms with van der Waals surface area (Å²) < 4.78 is 0. The Morgan fingerprint density at radius 2 is 2.00 bits per heavy atom. The van der Waals surface area contributed by atoms with Crippen LogP contribution >= 0.6 is 0 Å². The Bertz CT molecular complexity index is 579. The van der Waals surface area contributed by atoms with Crippen LogP contribution in [0.5, 0.6) is 0 Å². The van der Waals surface area contributed by atoms with Crippen molar-refractivity contribution in [2.45, 2.75) is 50.9 Å². The zero-order valence-electron chi connectivity index (χ0n) is 16.8. The molecule has 1 saturated heterocycles. The van der Waals surface area contributed by atoms with Crippen molar-refractivity contribution >= 4 is 5.96 Å². The second-order valence-electron chi connectivity index (χ2n) is 8.16. The molecule has 144 valence electrons. The molecule has 3 unspecified atom stereocenters. The number of guanidine groups is 1. The standard InChI is InChI=1S/C21H35N5/c1-16-12-19(15-26(16)14-17-8-6-5-7-9-17)24-21(22-2)23-13-20(25(3)4)18-10-11-18/h5-9,16,18-20H,10-15H2,1-4H3,(H2,22,23,24). The number of hydrogen-bond acceptors (Lipinski definition) is 3. The molecule has 1 aromatic rings. The summed E-state index contributed by atoms with van der Waals surface area (Å²) in [5, 5.41) is 7.20. The van der Waals surface area contributed by atoms with Gasteiger partial charge in [-0.2, -0.15) is 0 Å². The van der Waals surface area contributed by atoms with E-state index < -0.39 is 0 Å². The zero-order valence-corrected chi connectivity index (χ0v) is 16.8. The number of likely N-dealkylation sites (N-methyl/N-ethyl adjacent to an activating group) is 1. The van der Waals surface area contributed by atoms with Gasteiger partial charge in [-0.3, -0.25) is 9.89 Å². The summed E-state index contributed by atoms with van der Waals surface area (Å²) in [6, 6.07) is 12.4. The molecule has 5 nitrogen and oxygen atoms in total. The van der Waals surface area contributed by atoms with Gasteiger partial charge in [-0.05, 0) is 51.8 Å². The van der Waals surface area contributed by atoms with Crippen molar-refractivity contribution in [3.8, 4) is 0 Å². The van der Waals surface area contributed by atoms with Crippen LogP contribution in [0.25, 0.3) is 0 Å². The van der Waals surface area contributed by atoms with Gasteiger partial charge in [-0.25, -0.2) is 0 Å². The molecule has 0 radical (unpaired) electrons. The monoisotopic (exact) mass is 357 g/mol. The molecule has 1 aromatic carbocycles. The van der Waals surface area contributed by atoms with Crippen molar-refractivity contribution in [2.24, 2.45) is 10.9 Å². The Labute approximate surface area is 158 Å². The molecule has 0 amide bonds. The largest absolute Gasteiger partial charge is 0.355 e. The van der Waals surface area contributed by atoms with E-state index in [-0.39, 0.29) is 0 Å². The summed E-state index contributed by atoms with van der Waals surface area (Å²) in [7, 11) is 6.24. The Balaban J connectivity index is 1.48. The van der Waals surface area contributed by atoms with E-state index in [1.54, 1.807) is 0 Å². The summed E-state index contributed by atoms with van der Waals surface area (Å²) in [5.74, 6) is 1.79. The quantitative estimate of drug-likeness (QED) is 0.580. The molecule has 1 aliphatic heterocycles. The Kier molecular flexibility index (Phi) is 6.54. The molecule has 3 rings (SSSR count). The first-order valence-corrected chi connectivity index (χ1v) is 9.98. The number of nitrogens with one attached hydrogen (secondary N) is 2. The third-order valence-corrected chi connectivity index (χ3v) is 5.80. The number of nitrogens with zero attached hydrogens (tertiary/aromatic N) is 3. The first-order valence-electron chi connectivity index (χ1n) is 9.98. The van der Waals surface area contributed by atoms with Gasteiger partial charge in [-0.15, -0.1) is 0 Å². The average molecular weight is 358 g/mol. The van der Waals surface area contributed by atoms with Crippen LogP contribution in [-0.4, -0.2) is 68.1 Å². The second-order valence-corrected chi connectivity index (χ2v) is 8.16. The first-order chi connectivity index (χ1) is 12.6. The van der Waals surface area contributed by atoms with E-state index in [1.165, 1.54) is 18.4 Å². The number of hydrogen-bond donors (Lipinski definition) is 2. The average Bonchev–Trinajstić information content (AvgIpc) is 3.40. The van der Waals surface area contributed by atoms with Gasteiger partial charge in [-0.1, -0.05) is 30.3 Å². The molecule has 1 saturated carbocycles. The maximum Gasteiger partial charge on any atom is 0.191 e. The fourth-order valence-electron chi connectivity index (χ4n) is 4.08. The predicted octanol–water partition coefficient (Wildman–Crippen LogP) is 2.15. The summed E-state index contributed by atoms with van der Waals surface area (Å²) in [5.41, 5.74) is 1.39. The molecule has 0 aromatic heterocycles. The molecule has 2 fully saturated rings. The number of likely N-dealkylation sites (tertiary alicyclic amines) is 1. The summed E-state index contributed by atoms with van der Waals surface area (Å²) >= 11 is 0. The minimum atomic E-state index is 0.457. The SMILES string of the molecule is CN=C(NCC(C1CC1)N(C)C)NC1CC(C)N(Cc2ccccc2)C1. The van der Waals surface area contributed by atoms with Gasteiger partial charge >= 0.3 is 0 Å². The van der Waals surface area contributed by atoms with Crippen LogP contribution in [-0.2, 0) is 6.54 Å². The lowest BCUT2D eigenvalue weighted by Crippen LogP contribution is -2.49. The van der Waals surface area contributed by atoms with Crippen molar-refractivity contribution in [3.05, 3.63) is 35.9 Å². The lowest BCUT2D eigenvalue weighted by molar-refractivity contribution is 0.257. The van der Waals surface area contributed by atoms with Crippen molar-refractivity contribution in [1.29, 1.82) is 0 Å². The lowest BCUT2D eigenvalue weighted by Gasteiger charge is -2.26. The molecule has 5 heteroatoms. The lowest BCUT2D eigenvalue weighted by atomic mass is 10.1. The fourth-order valence-corrected chi connectivity index (χ4v) is 4.08. The van der Waals surface area contributed by atoms with Gasteiger partial charge < -0.3 is 15.5 Å². The molecular weight excluding hydrogens is 322 g/mol. The Hall–Kier alpha value is -1.59. The van der Waals surface area contributed by atoms with Crippen LogP contribution in [0, 0.1) is 5.92 Å². The van der Waals surface area contributed by atoms with Crippen molar-refractivity contribution in [3.63, 3.8) is 0 Å². The summed E-state index contributed by atoms with van der Waals surface area (Å²) in [6.07, 6.45) is 3.89. The van der Waals surface area contributed by atoms with E-state index in [4.69, 9.17) is 0 Å². The Morgan fingerprint density at radius 1 is 1.27 bits per heavy atom. The Morgan fingerprint density at radius 3 is 2.62 bits per heavy atom. The van der Waals surface area contributed by atoms with E-state index in [0.717, 1.165) is 37.9 Å². The highest BCUT2D eigenvalue weighted by Crippen LogP contribution is 2.34. The van der Waals surface area contributed by atoms with E-state index in [1.807, 2.05) is 7.05 Å². The van der Waals surface area contributed by atoms with Crippen LogP contribution < -0.4 is 10.6 Å². The highest BCUT2D eigenvalue weighted by molar-refractivity contribution is 5.80. The molecular formula is C21H35N5. The molecule has 26 heavy (non-hydrogen) atoms. The molecule has 2 N–H and O–H groups in total. The highest BCUT2D eigenvalue weighted by Gasteiger charge is 2.33. The van der Waals surface area contributed by atoms with Crippen LogP contribution in [0.4, 0.5) is 0 Å². The maximum atomic E-state index is 4.45. The second kappa shape index (κ2) is 8.87. The fraction of sp³-hybridized carbons (Fsp3) is 0.667. The number of aliphatic imine (C=N–C) groups is 1. The van der Waals surface area contributed by atoms with Gasteiger partial charge in [0.1, 0.15) is 0 Å². The summed E-state index contributed by atoms with van der Waals surface area (Å²) in [4.78, 5) is 9.36. The molecule has 3 atom stereocenters. The van der Waals surface area contributed by atoms with Crippen molar-refractivity contribution < 1.29 is 0 Å². The summed E-state index contributed by atoms with van der Waals surface area (Å²) in [6.45, 7) is 5.39. The van der Waals surface area contributed by atoms with Crippen LogP contribution in [0.3, 0.4) is 0 Å². The number of benzene rings is 1. The highest BCUT2D eigenvalue weighted by atomic mass is 15.3. The van der Waals surface area contributed by atoms with Crippen LogP contribution in [0.2, 0.25) is 0 Å². The van der Waals surface area contributed by atoms with E-state index >= 15 is 0 Å². The molecule has 1 aliphatic carbocycles. The smallest absolute Gasteiger partial charge is 0.191 e. The molecule has 1 heterocycles. The molecule has 0 spiro atoms. The van der Waals surface area contributed by atoms with Gasteiger partial charge in [0.2, 0.25) is 0 Å². The zero-order chi connectivity index (χ0) is 18.5. The maximum absolute atomic E-state index is 4.45.